The van der Waals surface area contributed by atoms with Crippen molar-refractivity contribution in [3.8, 4) is 11.3 Å². The zero-order chi connectivity index (χ0) is 22.7. The minimum Gasteiger partial charge on any atom is -0.465 e. The van der Waals surface area contributed by atoms with Gasteiger partial charge in [-0.25, -0.2) is 9.18 Å². The zero-order valence-electron chi connectivity index (χ0n) is 17.2. The van der Waals surface area contributed by atoms with Crippen molar-refractivity contribution in [1.29, 1.82) is 0 Å². The second-order valence-electron chi connectivity index (χ2n) is 7.21. The number of halogens is 1. The van der Waals surface area contributed by atoms with E-state index >= 15 is 0 Å². The van der Waals surface area contributed by atoms with E-state index in [0.29, 0.717) is 11.8 Å². The lowest BCUT2D eigenvalue weighted by atomic mass is 10.0. The molecule has 0 radical (unpaired) electrons. The Balaban J connectivity index is 1.59. The maximum atomic E-state index is 13.9. The van der Waals surface area contributed by atoms with E-state index in [4.69, 9.17) is 0 Å². The Morgan fingerprint density at radius 2 is 1.88 bits per heavy atom. The third-order valence-corrected chi connectivity index (χ3v) is 5.13. The van der Waals surface area contributed by atoms with E-state index in [1.165, 1.54) is 31.5 Å². The predicted octanol–water partition coefficient (Wildman–Crippen LogP) is 4.02. The summed E-state index contributed by atoms with van der Waals surface area (Å²) in [4.78, 5) is 42.0. The summed E-state index contributed by atoms with van der Waals surface area (Å²) in [6.45, 7) is 0. The number of carbonyl (C=O) groups excluding carboxylic acids is 2. The standard InChI is InChI=1S/C24H20FN3O4/c1-32-24(31)15-11-20(23(30)26-13-15)27-21(29)10-8-17-18-12-16(25)7-9-19(18)28-22(17)14-5-3-2-4-6-14/h2-7,9,11-13,28H,8,10H2,1H3,(H,26,30)(H,27,29). The molecule has 162 valence electrons. The van der Waals surface area contributed by atoms with Gasteiger partial charge in [-0.1, -0.05) is 30.3 Å². The van der Waals surface area contributed by atoms with Gasteiger partial charge in [0, 0.05) is 29.2 Å². The van der Waals surface area contributed by atoms with E-state index in [1.54, 1.807) is 6.07 Å². The first-order valence-corrected chi connectivity index (χ1v) is 9.92. The molecule has 0 aliphatic carbocycles. The number of carbonyl (C=O) groups is 2. The molecule has 2 aromatic heterocycles. The lowest BCUT2D eigenvalue weighted by molar-refractivity contribution is -0.116. The molecule has 0 unspecified atom stereocenters. The molecule has 4 rings (SSSR count). The van der Waals surface area contributed by atoms with Crippen molar-refractivity contribution in [3.63, 3.8) is 0 Å². The molecule has 0 fully saturated rings. The Morgan fingerprint density at radius 3 is 2.62 bits per heavy atom. The van der Waals surface area contributed by atoms with Crippen molar-refractivity contribution in [3.05, 3.63) is 88.1 Å². The highest BCUT2D eigenvalue weighted by Crippen LogP contribution is 2.31. The van der Waals surface area contributed by atoms with E-state index in [1.807, 2.05) is 30.3 Å². The third-order valence-electron chi connectivity index (χ3n) is 5.13. The average molecular weight is 433 g/mol. The average Bonchev–Trinajstić information content (AvgIpc) is 3.16. The van der Waals surface area contributed by atoms with Crippen LogP contribution in [0.5, 0.6) is 0 Å². The number of hydrogen-bond acceptors (Lipinski definition) is 4. The smallest absolute Gasteiger partial charge is 0.339 e. The number of esters is 1. The summed E-state index contributed by atoms with van der Waals surface area (Å²) in [6.07, 6.45) is 1.58. The van der Waals surface area contributed by atoms with Crippen LogP contribution < -0.4 is 10.9 Å². The number of ether oxygens (including phenoxy) is 1. The number of pyridine rings is 1. The van der Waals surface area contributed by atoms with Crippen LogP contribution in [-0.4, -0.2) is 29.0 Å². The first kappa shape index (κ1) is 21.0. The second kappa shape index (κ2) is 8.89. The van der Waals surface area contributed by atoms with Gasteiger partial charge in [-0.3, -0.25) is 9.59 Å². The molecular formula is C24H20FN3O4. The lowest BCUT2D eigenvalue weighted by Crippen LogP contribution is -2.21. The van der Waals surface area contributed by atoms with Crippen molar-refractivity contribution < 1.29 is 18.7 Å². The number of methoxy groups -OCH3 is 1. The first-order valence-electron chi connectivity index (χ1n) is 9.92. The topological polar surface area (TPSA) is 104 Å². The van der Waals surface area contributed by atoms with Gasteiger partial charge in [-0.15, -0.1) is 0 Å². The fourth-order valence-corrected chi connectivity index (χ4v) is 3.59. The quantitative estimate of drug-likeness (QED) is 0.400. The molecule has 2 aromatic carbocycles. The number of rotatable bonds is 6. The largest absolute Gasteiger partial charge is 0.465 e. The molecule has 1 amide bonds. The van der Waals surface area contributed by atoms with Gasteiger partial charge in [-0.05, 0) is 41.8 Å². The summed E-state index contributed by atoms with van der Waals surface area (Å²) in [5.41, 5.74) is 2.82. The lowest BCUT2D eigenvalue weighted by Gasteiger charge is -2.08. The van der Waals surface area contributed by atoms with Crippen LogP contribution in [-0.2, 0) is 16.0 Å². The van der Waals surface area contributed by atoms with Crippen LogP contribution >= 0.6 is 0 Å². The van der Waals surface area contributed by atoms with E-state index < -0.39 is 17.4 Å². The van der Waals surface area contributed by atoms with E-state index in [-0.39, 0.29) is 23.5 Å². The van der Waals surface area contributed by atoms with Gasteiger partial charge in [0.15, 0.2) is 0 Å². The Bertz CT molecular complexity index is 1360. The molecular weight excluding hydrogens is 413 g/mol. The van der Waals surface area contributed by atoms with Gasteiger partial charge in [0.05, 0.1) is 12.7 Å². The van der Waals surface area contributed by atoms with Crippen LogP contribution in [0.3, 0.4) is 0 Å². The molecule has 0 aliphatic heterocycles. The fraction of sp³-hybridized carbons (Fsp3) is 0.125. The molecule has 0 saturated heterocycles. The van der Waals surface area contributed by atoms with E-state index in [2.05, 4.69) is 20.0 Å². The van der Waals surface area contributed by atoms with Gasteiger partial charge in [0.25, 0.3) is 5.56 Å². The SMILES string of the molecule is COC(=O)c1c[nH]c(=O)c(NC(=O)CCc2c(-c3ccccc3)[nH]c3ccc(F)cc23)c1. The van der Waals surface area contributed by atoms with Crippen molar-refractivity contribution in [2.45, 2.75) is 12.8 Å². The maximum Gasteiger partial charge on any atom is 0.339 e. The summed E-state index contributed by atoms with van der Waals surface area (Å²) in [6, 6.07) is 15.3. The number of fused-ring (bicyclic) bond motifs is 1. The molecule has 8 heteroatoms. The van der Waals surface area contributed by atoms with Crippen LogP contribution in [0.2, 0.25) is 0 Å². The monoisotopic (exact) mass is 433 g/mol. The number of hydrogen-bond donors (Lipinski definition) is 3. The summed E-state index contributed by atoms with van der Waals surface area (Å²) >= 11 is 0. The predicted molar refractivity (Wildman–Crippen MR) is 119 cm³/mol. The van der Waals surface area contributed by atoms with Crippen molar-refractivity contribution in [2.24, 2.45) is 0 Å². The Hall–Kier alpha value is -4.20. The van der Waals surface area contributed by atoms with E-state index in [0.717, 1.165) is 22.3 Å². The number of aromatic amines is 2. The molecule has 7 nitrogen and oxygen atoms in total. The minimum absolute atomic E-state index is 0.0468. The number of H-pyrrole nitrogens is 2. The molecule has 0 atom stereocenters. The zero-order valence-corrected chi connectivity index (χ0v) is 17.2. The number of aryl methyl sites for hydroxylation is 1. The normalized spacial score (nSPS) is 10.8. The van der Waals surface area contributed by atoms with Gasteiger partial charge in [0.2, 0.25) is 5.91 Å². The molecule has 0 bridgehead atoms. The van der Waals surface area contributed by atoms with Gasteiger partial charge >= 0.3 is 5.97 Å². The van der Waals surface area contributed by atoms with Gasteiger partial charge < -0.3 is 20.0 Å². The maximum absolute atomic E-state index is 13.9. The molecule has 0 aliphatic rings. The molecule has 0 spiro atoms. The minimum atomic E-state index is -0.634. The highest BCUT2D eigenvalue weighted by molar-refractivity contribution is 5.95. The third kappa shape index (κ3) is 4.29. The van der Waals surface area contributed by atoms with Crippen LogP contribution in [0.4, 0.5) is 10.1 Å². The van der Waals surface area contributed by atoms with Crippen molar-refractivity contribution in [1.82, 2.24) is 9.97 Å². The Kier molecular flexibility index (Phi) is 5.85. The summed E-state index contributed by atoms with van der Waals surface area (Å²) < 4.78 is 18.6. The molecule has 32 heavy (non-hydrogen) atoms. The van der Waals surface area contributed by atoms with Crippen molar-refractivity contribution in [2.75, 3.05) is 12.4 Å². The second-order valence-corrected chi connectivity index (χ2v) is 7.21. The highest BCUT2D eigenvalue weighted by Gasteiger charge is 2.16. The highest BCUT2D eigenvalue weighted by atomic mass is 19.1. The van der Waals surface area contributed by atoms with Gasteiger partial charge in [-0.2, -0.15) is 0 Å². The van der Waals surface area contributed by atoms with Crippen LogP contribution in [0.15, 0.2) is 65.6 Å². The Labute approximate surface area is 182 Å². The summed E-state index contributed by atoms with van der Waals surface area (Å²) in [5, 5.41) is 3.23. The molecule has 4 aromatic rings. The summed E-state index contributed by atoms with van der Waals surface area (Å²) in [7, 11) is 1.22. The van der Waals surface area contributed by atoms with Gasteiger partial charge in [0.1, 0.15) is 11.5 Å². The fourth-order valence-electron chi connectivity index (χ4n) is 3.59. The van der Waals surface area contributed by atoms with Crippen LogP contribution in [0.1, 0.15) is 22.3 Å². The van der Waals surface area contributed by atoms with Crippen molar-refractivity contribution >= 4 is 28.5 Å². The number of anilines is 1. The molecule has 0 saturated carbocycles. The number of benzene rings is 2. The number of amides is 1. The van der Waals surface area contributed by atoms with E-state index in [9.17, 15) is 18.8 Å². The van der Waals surface area contributed by atoms with Crippen LogP contribution in [0.25, 0.3) is 22.2 Å². The number of nitrogens with one attached hydrogen (secondary N) is 3. The molecule has 2 heterocycles. The molecule has 3 N–H and O–H groups in total. The first-order chi connectivity index (χ1) is 15.5. The number of aromatic nitrogens is 2. The summed E-state index contributed by atoms with van der Waals surface area (Å²) in [5.74, 6) is -1.42. The van der Waals surface area contributed by atoms with Crippen LogP contribution in [0, 0.1) is 5.82 Å². The Morgan fingerprint density at radius 1 is 1.09 bits per heavy atom.